The molecule has 3 heterocycles. The van der Waals surface area contributed by atoms with E-state index in [1.807, 2.05) is 13.0 Å². The zero-order valence-corrected chi connectivity index (χ0v) is 14.3. The molecule has 1 unspecified atom stereocenters. The van der Waals surface area contributed by atoms with Crippen LogP contribution in [0.15, 0.2) is 12.4 Å². The number of aliphatic carboxylic acids is 1. The molecule has 2 aromatic heterocycles. The monoisotopic (exact) mass is 348 g/mol. The summed E-state index contributed by atoms with van der Waals surface area (Å²) in [6.07, 6.45) is 3.23. The van der Waals surface area contributed by atoms with Gasteiger partial charge in [-0.05, 0) is 25.8 Å². The molecule has 1 fully saturated rings. The second kappa shape index (κ2) is 7.12. The summed E-state index contributed by atoms with van der Waals surface area (Å²) >= 11 is 1.61. The van der Waals surface area contributed by atoms with Gasteiger partial charge in [0, 0.05) is 30.9 Å². The Morgan fingerprint density at radius 2 is 2.29 bits per heavy atom. The Bertz CT molecular complexity index is 761. The average Bonchev–Trinajstić information content (AvgIpc) is 2.96. The minimum Gasteiger partial charge on any atom is -0.481 e. The van der Waals surface area contributed by atoms with Gasteiger partial charge in [-0.1, -0.05) is 0 Å². The van der Waals surface area contributed by atoms with Crippen LogP contribution in [-0.4, -0.2) is 51.5 Å². The smallest absolute Gasteiger partial charge is 0.308 e. The second-order valence-electron chi connectivity index (χ2n) is 5.99. The normalized spacial score (nSPS) is 17.9. The maximum Gasteiger partial charge on any atom is 0.308 e. The Morgan fingerprint density at radius 1 is 1.46 bits per heavy atom. The summed E-state index contributed by atoms with van der Waals surface area (Å²) in [6, 6.07) is 2.03. The van der Waals surface area contributed by atoms with Crippen LogP contribution in [-0.2, 0) is 9.59 Å². The maximum absolute atomic E-state index is 12.3. The third kappa shape index (κ3) is 3.64. The predicted octanol–water partition coefficient (Wildman–Crippen LogP) is 2.12. The SMILES string of the molecule is Cc1cc2c(NCCC(=O)N3CCCC(C(=O)O)C3)ncnc2s1. The zero-order chi connectivity index (χ0) is 17.1. The molecule has 1 aliphatic rings. The summed E-state index contributed by atoms with van der Waals surface area (Å²) in [5.41, 5.74) is 0. The Morgan fingerprint density at radius 3 is 3.08 bits per heavy atom. The van der Waals surface area contributed by atoms with Gasteiger partial charge in [0.1, 0.15) is 17.0 Å². The van der Waals surface area contributed by atoms with E-state index in [4.69, 9.17) is 5.11 Å². The third-order valence-electron chi connectivity index (χ3n) is 4.21. The second-order valence-corrected chi connectivity index (χ2v) is 7.23. The number of hydrogen-bond donors (Lipinski definition) is 2. The minimum absolute atomic E-state index is 0.0137. The summed E-state index contributed by atoms with van der Waals surface area (Å²) in [6.45, 7) is 3.45. The molecule has 1 saturated heterocycles. The number of aryl methyl sites for hydroxylation is 1. The van der Waals surface area contributed by atoms with Gasteiger partial charge in [-0.3, -0.25) is 9.59 Å². The molecular formula is C16H20N4O3S. The molecule has 0 aromatic carbocycles. The molecule has 24 heavy (non-hydrogen) atoms. The Hall–Kier alpha value is -2.22. The lowest BCUT2D eigenvalue weighted by Gasteiger charge is -2.30. The van der Waals surface area contributed by atoms with Crippen molar-refractivity contribution < 1.29 is 14.7 Å². The number of anilines is 1. The average molecular weight is 348 g/mol. The molecule has 2 aromatic rings. The van der Waals surface area contributed by atoms with Crippen molar-refractivity contribution in [3.63, 3.8) is 0 Å². The van der Waals surface area contributed by atoms with Gasteiger partial charge < -0.3 is 15.3 Å². The molecule has 3 rings (SSSR count). The highest BCUT2D eigenvalue weighted by atomic mass is 32.1. The van der Waals surface area contributed by atoms with E-state index in [2.05, 4.69) is 15.3 Å². The van der Waals surface area contributed by atoms with Gasteiger partial charge in [0.2, 0.25) is 5.91 Å². The first kappa shape index (κ1) is 16.6. The van der Waals surface area contributed by atoms with Crippen molar-refractivity contribution in [1.29, 1.82) is 0 Å². The molecule has 1 atom stereocenters. The third-order valence-corrected chi connectivity index (χ3v) is 5.17. The Kier molecular flexibility index (Phi) is 4.94. The van der Waals surface area contributed by atoms with Crippen LogP contribution < -0.4 is 5.32 Å². The first-order chi connectivity index (χ1) is 11.5. The molecular weight excluding hydrogens is 328 g/mol. The molecule has 2 N–H and O–H groups in total. The highest BCUT2D eigenvalue weighted by Gasteiger charge is 2.27. The summed E-state index contributed by atoms with van der Waals surface area (Å²) in [5.74, 6) is -0.535. The van der Waals surface area contributed by atoms with Crippen LogP contribution in [0.3, 0.4) is 0 Å². The van der Waals surface area contributed by atoms with E-state index < -0.39 is 11.9 Å². The number of rotatable bonds is 5. The van der Waals surface area contributed by atoms with E-state index in [0.29, 0.717) is 32.5 Å². The molecule has 7 nitrogen and oxygen atoms in total. The van der Waals surface area contributed by atoms with Crippen molar-refractivity contribution in [2.45, 2.75) is 26.2 Å². The lowest BCUT2D eigenvalue weighted by atomic mass is 9.98. The predicted molar refractivity (Wildman–Crippen MR) is 92.2 cm³/mol. The van der Waals surface area contributed by atoms with Crippen molar-refractivity contribution in [1.82, 2.24) is 14.9 Å². The standard InChI is InChI=1S/C16H20N4O3S/c1-10-7-12-14(18-9-19-15(12)24-10)17-5-4-13(21)20-6-2-3-11(8-20)16(22)23/h7,9,11H,2-6,8H2,1H3,(H,22,23)(H,17,18,19). The van der Waals surface area contributed by atoms with Crippen molar-refractivity contribution >= 4 is 39.2 Å². The van der Waals surface area contributed by atoms with Crippen LogP contribution in [0.2, 0.25) is 0 Å². The van der Waals surface area contributed by atoms with E-state index in [1.54, 1.807) is 16.2 Å². The van der Waals surface area contributed by atoms with Crippen LogP contribution >= 0.6 is 11.3 Å². The summed E-state index contributed by atoms with van der Waals surface area (Å²) in [7, 11) is 0. The molecule has 0 aliphatic carbocycles. The van der Waals surface area contributed by atoms with Crippen molar-refractivity contribution in [3.8, 4) is 0 Å². The Balaban J connectivity index is 1.55. The number of amides is 1. The molecule has 0 spiro atoms. The zero-order valence-electron chi connectivity index (χ0n) is 13.5. The number of likely N-dealkylation sites (tertiary alicyclic amines) is 1. The van der Waals surface area contributed by atoms with Gasteiger partial charge in [0.05, 0.1) is 11.3 Å². The Labute approximate surface area is 143 Å². The number of carbonyl (C=O) groups excluding carboxylic acids is 1. The number of nitrogens with one attached hydrogen (secondary N) is 1. The number of carboxylic acid groups (broad SMARTS) is 1. The quantitative estimate of drug-likeness (QED) is 0.859. The highest BCUT2D eigenvalue weighted by Crippen LogP contribution is 2.27. The van der Waals surface area contributed by atoms with Crippen LogP contribution in [0, 0.1) is 12.8 Å². The van der Waals surface area contributed by atoms with Gasteiger partial charge in [-0.25, -0.2) is 9.97 Å². The van der Waals surface area contributed by atoms with Crippen LogP contribution in [0.25, 0.3) is 10.2 Å². The fourth-order valence-corrected chi connectivity index (χ4v) is 3.82. The number of piperidine rings is 1. The number of carboxylic acids is 1. The molecule has 1 amide bonds. The summed E-state index contributed by atoms with van der Waals surface area (Å²) < 4.78 is 0. The number of fused-ring (bicyclic) bond motifs is 1. The number of nitrogens with zero attached hydrogens (tertiary/aromatic N) is 3. The molecule has 128 valence electrons. The van der Waals surface area contributed by atoms with E-state index in [-0.39, 0.29) is 5.91 Å². The van der Waals surface area contributed by atoms with Gasteiger partial charge in [-0.2, -0.15) is 0 Å². The van der Waals surface area contributed by atoms with Crippen LogP contribution in [0.5, 0.6) is 0 Å². The fraction of sp³-hybridized carbons (Fsp3) is 0.500. The number of thiophene rings is 1. The number of aromatic nitrogens is 2. The molecule has 0 bridgehead atoms. The minimum atomic E-state index is -0.818. The van der Waals surface area contributed by atoms with E-state index >= 15 is 0 Å². The van der Waals surface area contributed by atoms with Gasteiger partial charge in [0.25, 0.3) is 0 Å². The van der Waals surface area contributed by atoms with Crippen molar-refractivity contribution in [2.75, 3.05) is 25.0 Å². The molecule has 0 radical (unpaired) electrons. The van der Waals surface area contributed by atoms with Crippen molar-refractivity contribution in [2.24, 2.45) is 5.92 Å². The van der Waals surface area contributed by atoms with Gasteiger partial charge in [-0.15, -0.1) is 11.3 Å². The van der Waals surface area contributed by atoms with E-state index in [0.717, 1.165) is 27.3 Å². The molecule has 0 saturated carbocycles. The topological polar surface area (TPSA) is 95.4 Å². The lowest BCUT2D eigenvalue weighted by molar-refractivity contribution is -0.145. The van der Waals surface area contributed by atoms with Gasteiger partial charge in [0.15, 0.2) is 0 Å². The first-order valence-electron chi connectivity index (χ1n) is 8.00. The largest absolute Gasteiger partial charge is 0.481 e. The number of carbonyl (C=O) groups is 2. The lowest BCUT2D eigenvalue weighted by Crippen LogP contribution is -2.42. The number of hydrogen-bond acceptors (Lipinski definition) is 6. The highest BCUT2D eigenvalue weighted by molar-refractivity contribution is 7.18. The summed E-state index contributed by atoms with van der Waals surface area (Å²) in [4.78, 5) is 35.6. The molecule has 8 heteroatoms. The van der Waals surface area contributed by atoms with Crippen LogP contribution in [0.1, 0.15) is 24.1 Å². The maximum atomic E-state index is 12.3. The first-order valence-corrected chi connectivity index (χ1v) is 8.82. The van der Waals surface area contributed by atoms with E-state index in [1.165, 1.54) is 6.33 Å². The van der Waals surface area contributed by atoms with Crippen molar-refractivity contribution in [3.05, 3.63) is 17.3 Å². The van der Waals surface area contributed by atoms with Crippen LogP contribution in [0.4, 0.5) is 5.82 Å². The molecule has 1 aliphatic heterocycles. The summed E-state index contributed by atoms with van der Waals surface area (Å²) in [5, 5.41) is 13.3. The van der Waals surface area contributed by atoms with E-state index in [9.17, 15) is 9.59 Å². The van der Waals surface area contributed by atoms with Gasteiger partial charge >= 0.3 is 5.97 Å². The fourth-order valence-electron chi connectivity index (χ4n) is 2.97.